The number of aromatic nitrogens is 3. The summed E-state index contributed by atoms with van der Waals surface area (Å²) >= 11 is 1.87. The van der Waals surface area contributed by atoms with Gasteiger partial charge < -0.3 is 9.88 Å². The molecule has 4 nitrogen and oxygen atoms in total. The zero-order valence-electron chi connectivity index (χ0n) is 13.9. The third-order valence-corrected chi connectivity index (χ3v) is 5.94. The lowest BCUT2D eigenvalue weighted by atomic mass is 9.86. The van der Waals surface area contributed by atoms with Crippen molar-refractivity contribution in [1.82, 2.24) is 19.9 Å². The van der Waals surface area contributed by atoms with E-state index >= 15 is 0 Å². The molecule has 1 aliphatic carbocycles. The van der Waals surface area contributed by atoms with Gasteiger partial charge in [-0.2, -0.15) is 0 Å². The number of benzene rings is 1. The molecular formula is C19H22N4S. The van der Waals surface area contributed by atoms with Crippen molar-refractivity contribution in [3.05, 3.63) is 64.6 Å². The highest BCUT2D eigenvalue weighted by Gasteiger charge is 2.22. The molecule has 124 valence electrons. The Kier molecular flexibility index (Phi) is 4.45. The van der Waals surface area contributed by atoms with E-state index in [0.29, 0.717) is 6.04 Å². The van der Waals surface area contributed by atoms with Gasteiger partial charge in [0.05, 0.1) is 11.3 Å². The van der Waals surface area contributed by atoms with E-state index in [9.17, 15) is 0 Å². The molecule has 5 heteroatoms. The molecule has 0 unspecified atom stereocenters. The summed E-state index contributed by atoms with van der Waals surface area (Å²) in [5.74, 6) is 0.730. The zero-order valence-corrected chi connectivity index (χ0v) is 14.7. The van der Waals surface area contributed by atoms with Crippen LogP contribution < -0.4 is 5.32 Å². The van der Waals surface area contributed by atoms with E-state index in [-0.39, 0.29) is 0 Å². The maximum absolute atomic E-state index is 4.60. The molecule has 3 aromatic rings. The van der Waals surface area contributed by atoms with Crippen molar-refractivity contribution in [2.24, 2.45) is 0 Å². The van der Waals surface area contributed by atoms with Crippen LogP contribution in [0.15, 0.2) is 49.2 Å². The Morgan fingerprint density at radius 2 is 2.29 bits per heavy atom. The van der Waals surface area contributed by atoms with Crippen LogP contribution in [0.5, 0.6) is 0 Å². The van der Waals surface area contributed by atoms with E-state index in [4.69, 9.17) is 0 Å². The number of nitrogens with one attached hydrogen (secondary N) is 1. The van der Waals surface area contributed by atoms with Crippen LogP contribution in [0.3, 0.4) is 0 Å². The average molecular weight is 338 g/mol. The summed E-state index contributed by atoms with van der Waals surface area (Å²) < 4.78 is 2.03. The van der Waals surface area contributed by atoms with Gasteiger partial charge >= 0.3 is 0 Å². The molecule has 0 bridgehead atoms. The van der Waals surface area contributed by atoms with Gasteiger partial charge in [0.1, 0.15) is 0 Å². The standard InChI is InChI=1S/C19H22N4S/c1-14(16-6-3-7-17(10-16)23-9-8-20-13-23)21-11-18-12-22-19(24-18)15-4-2-5-15/h3,6-10,12-15,21H,2,4-5,11H2,1H3/t14-/m0/s1. The van der Waals surface area contributed by atoms with Gasteiger partial charge in [0.25, 0.3) is 0 Å². The number of imidazole rings is 1. The second-order valence-corrected chi connectivity index (χ2v) is 7.61. The van der Waals surface area contributed by atoms with E-state index in [0.717, 1.165) is 18.2 Å². The SMILES string of the molecule is C[C@H](NCc1cnc(C2CCC2)s1)c1cccc(-n2ccnc2)c1. The van der Waals surface area contributed by atoms with Gasteiger partial charge in [0.15, 0.2) is 0 Å². The summed E-state index contributed by atoms with van der Waals surface area (Å²) in [4.78, 5) is 10.1. The number of hydrogen-bond acceptors (Lipinski definition) is 4. The van der Waals surface area contributed by atoms with Gasteiger partial charge in [-0.05, 0) is 37.5 Å². The van der Waals surface area contributed by atoms with E-state index < -0.39 is 0 Å². The third kappa shape index (κ3) is 3.28. The number of nitrogens with zero attached hydrogens (tertiary/aromatic N) is 3. The highest BCUT2D eigenvalue weighted by atomic mass is 32.1. The summed E-state index contributed by atoms with van der Waals surface area (Å²) in [7, 11) is 0. The third-order valence-electron chi connectivity index (χ3n) is 4.78. The lowest BCUT2D eigenvalue weighted by Gasteiger charge is -2.22. The highest BCUT2D eigenvalue weighted by Crippen LogP contribution is 2.38. The second kappa shape index (κ2) is 6.87. The molecule has 1 N–H and O–H groups in total. The van der Waals surface area contributed by atoms with Crippen LogP contribution in [0.4, 0.5) is 0 Å². The minimum Gasteiger partial charge on any atom is -0.306 e. The highest BCUT2D eigenvalue weighted by molar-refractivity contribution is 7.11. The minimum atomic E-state index is 0.294. The Labute approximate surface area is 146 Å². The monoisotopic (exact) mass is 338 g/mol. The van der Waals surface area contributed by atoms with Crippen LogP contribution >= 0.6 is 11.3 Å². The van der Waals surface area contributed by atoms with Gasteiger partial charge in [-0.3, -0.25) is 0 Å². The Morgan fingerprint density at radius 3 is 3.04 bits per heavy atom. The fourth-order valence-electron chi connectivity index (χ4n) is 2.99. The maximum atomic E-state index is 4.60. The van der Waals surface area contributed by atoms with Crippen LogP contribution in [0.1, 0.15) is 53.6 Å². The Bertz CT molecular complexity index is 789. The lowest BCUT2D eigenvalue weighted by molar-refractivity contribution is 0.418. The number of hydrogen-bond donors (Lipinski definition) is 1. The zero-order chi connectivity index (χ0) is 16.4. The normalized spacial score (nSPS) is 16.0. The maximum Gasteiger partial charge on any atom is 0.0991 e. The summed E-state index contributed by atoms with van der Waals surface area (Å²) in [5, 5.41) is 4.95. The Balaban J connectivity index is 1.40. The van der Waals surface area contributed by atoms with E-state index in [2.05, 4.69) is 46.5 Å². The van der Waals surface area contributed by atoms with E-state index in [1.54, 1.807) is 6.20 Å². The van der Waals surface area contributed by atoms with Crippen molar-refractivity contribution in [3.63, 3.8) is 0 Å². The molecule has 0 spiro atoms. The molecule has 1 saturated carbocycles. The van der Waals surface area contributed by atoms with Gasteiger partial charge in [0, 0.05) is 47.7 Å². The molecule has 2 heterocycles. The summed E-state index contributed by atoms with van der Waals surface area (Å²) in [6.07, 6.45) is 11.6. The van der Waals surface area contributed by atoms with Crippen molar-refractivity contribution in [2.75, 3.05) is 0 Å². The molecule has 0 radical (unpaired) electrons. The van der Waals surface area contributed by atoms with Crippen LogP contribution in [0.2, 0.25) is 0 Å². The first-order valence-electron chi connectivity index (χ1n) is 8.56. The van der Waals surface area contributed by atoms with Crippen molar-refractivity contribution < 1.29 is 0 Å². The molecule has 1 aromatic carbocycles. The fourth-order valence-corrected chi connectivity index (χ4v) is 4.02. The molecule has 0 amide bonds. The molecule has 24 heavy (non-hydrogen) atoms. The second-order valence-electron chi connectivity index (χ2n) is 6.46. The van der Waals surface area contributed by atoms with E-state index in [1.807, 2.05) is 34.6 Å². The molecule has 1 fully saturated rings. The molecule has 4 rings (SSSR count). The smallest absolute Gasteiger partial charge is 0.0991 e. The number of thiazole rings is 1. The van der Waals surface area contributed by atoms with E-state index in [1.165, 1.54) is 34.7 Å². The van der Waals surface area contributed by atoms with Gasteiger partial charge in [0.2, 0.25) is 0 Å². The molecule has 0 aliphatic heterocycles. The van der Waals surface area contributed by atoms with Crippen LogP contribution in [0, 0.1) is 0 Å². The van der Waals surface area contributed by atoms with Crippen LogP contribution in [-0.2, 0) is 6.54 Å². The lowest BCUT2D eigenvalue weighted by Crippen LogP contribution is -2.17. The number of rotatable bonds is 6. The first kappa shape index (κ1) is 15.5. The molecule has 1 aliphatic rings. The van der Waals surface area contributed by atoms with Gasteiger partial charge in [-0.1, -0.05) is 18.6 Å². The van der Waals surface area contributed by atoms with Crippen LogP contribution in [0.25, 0.3) is 5.69 Å². The topological polar surface area (TPSA) is 42.7 Å². The summed E-state index contributed by atoms with van der Waals surface area (Å²) in [6, 6.07) is 8.88. The van der Waals surface area contributed by atoms with Crippen molar-refractivity contribution in [2.45, 2.75) is 44.7 Å². The van der Waals surface area contributed by atoms with Crippen molar-refractivity contribution in [3.8, 4) is 5.69 Å². The fraction of sp³-hybridized carbons (Fsp3) is 0.368. The van der Waals surface area contributed by atoms with Crippen LogP contribution in [-0.4, -0.2) is 14.5 Å². The molecular weight excluding hydrogens is 316 g/mol. The molecule has 0 saturated heterocycles. The molecule has 2 aromatic heterocycles. The Hall–Kier alpha value is -1.98. The van der Waals surface area contributed by atoms with Crippen molar-refractivity contribution in [1.29, 1.82) is 0 Å². The molecule has 1 atom stereocenters. The summed E-state index contributed by atoms with van der Waals surface area (Å²) in [6.45, 7) is 3.09. The first-order chi connectivity index (χ1) is 11.8. The largest absolute Gasteiger partial charge is 0.306 e. The predicted molar refractivity (Wildman–Crippen MR) is 97.5 cm³/mol. The average Bonchev–Trinajstić information content (AvgIpc) is 3.23. The summed E-state index contributed by atoms with van der Waals surface area (Å²) in [5.41, 5.74) is 2.42. The minimum absolute atomic E-state index is 0.294. The van der Waals surface area contributed by atoms with Gasteiger partial charge in [-0.15, -0.1) is 11.3 Å². The predicted octanol–water partition coefficient (Wildman–Crippen LogP) is 4.45. The first-order valence-corrected chi connectivity index (χ1v) is 9.37. The van der Waals surface area contributed by atoms with Crippen molar-refractivity contribution >= 4 is 11.3 Å². The Morgan fingerprint density at radius 1 is 1.38 bits per heavy atom. The quantitative estimate of drug-likeness (QED) is 0.722. The van der Waals surface area contributed by atoms with Gasteiger partial charge in [-0.25, -0.2) is 9.97 Å².